The Kier molecular flexibility index (Phi) is 5.51. The maximum absolute atomic E-state index is 13.4. The highest BCUT2D eigenvalue weighted by atomic mass is 32.2. The number of rotatable bonds is 4. The highest BCUT2D eigenvalue weighted by Gasteiger charge is 2.25. The third-order valence-corrected chi connectivity index (χ3v) is 6.62. The smallest absolute Gasteiger partial charge is 0.316 e. The zero-order valence-corrected chi connectivity index (χ0v) is 16.2. The fraction of sp³-hybridized carbons (Fsp3) is 0.350. The van der Waals surface area contributed by atoms with Gasteiger partial charge in [0.25, 0.3) is 0 Å². The van der Waals surface area contributed by atoms with E-state index >= 15 is 0 Å². The average molecular weight is 390 g/mol. The molecule has 0 saturated carbocycles. The molecular weight excluding hydrogens is 367 g/mol. The number of fused-ring (bicyclic) bond motifs is 1. The first-order chi connectivity index (χ1) is 12.8. The van der Waals surface area contributed by atoms with Gasteiger partial charge in [-0.15, -0.1) is 0 Å². The predicted molar refractivity (Wildman–Crippen MR) is 101 cm³/mol. The van der Waals surface area contributed by atoms with Crippen molar-refractivity contribution in [3.05, 3.63) is 59.4 Å². The zero-order valence-electron chi connectivity index (χ0n) is 15.4. The standard InChI is InChI=1S/C20H23FN2O3S/c1-23(2)20(24)22-13-15-6-3-5-14-11-18(9-10-19(14)15)27(25,26)17-8-4-7-16(21)12-17/h4,7-12,15H,3,5-6,13H2,1-2H3,(H,22,24)/t15-/m0/s1. The first-order valence-corrected chi connectivity index (χ1v) is 10.4. The molecule has 7 heteroatoms. The van der Waals surface area contributed by atoms with Crippen molar-refractivity contribution in [2.75, 3.05) is 20.6 Å². The highest BCUT2D eigenvalue weighted by Crippen LogP contribution is 2.34. The molecule has 1 N–H and O–H groups in total. The van der Waals surface area contributed by atoms with Crippen molar-refractivity contribution in [2.24, 2.45) is 0 Å². The summed E-state index contributed by atoms with van der Waals surface area (Å²) in [4.78, 5) is 13.4. The molecule has 27 heavy (non-hydrogen) atoms. The monoisotopic (exact) mass is 390 g/mol. The fourth-order valence-electron chi connectivity index (χ4n) is 3.41. The lowest BCUT2D eigenvalue weighted by atomic mass is 9.83. The summed E-state index contributed by atoms with van der Waals surface area (Å²) in [6.07, 6.45) is 2.66. The number of halogens is 1. The molecule has 0 aromatic heterocycles. The first-order valence-electron chi connectivity index (χ1n) is 8.87. The van der Waals surface area contributed by atoms with Crippen LogP contribution in [0.1, 0.15) is 29.9 Å². The molecule has 0 saturated heterocycles. The fourth-order valence-corrected chi connectivity index (χ4v) is 4.75. The Bertz CT molecular complexity index is 957. The number of carbonyl (C=O) groups excluding carboxylic acids is 1. The summed E-state index contributed by atoms with van der Waals surface area (Å²) in [5.41, 5.74) is 2.04. The quantitative estimate of drug-likeness (QED) is 0.871. The molecule has 2 amide bonds. The average Bonchev–Trinajstić information content (AvgIpc) is 2.65. The van der Waals surface area contributed by atoms with E-state index in [2.05, 4.69) is 5.32 Å². The minimum Gasteiger partial charge on any atom is -0.337 e. The lowest BCUT2D eigenvalue weighted by Gasteiger charge is -2.27. The Balaban J connectivity index is 1.87. The molecule has 0 bridgehead atoms. The summed E-state index contributed by atoms with van der Waals surface area (Å²) in [7, 11) is -0.389. The Morgan fingerprint density at radius 1 is 1.19 bits per heavy atom. The van der Waals surface area contributed by atoms with E-state index in [-0.39, 0.29) is 21.7 Å². The number of nitrogens with one attached hydrogen (secondary N) is 1. The van der Waals surface area contributed by atoms with E-state index in [4.69, 9.17) is 0 Å². The zero-order chi connectivity index (χ0) is 19.6. The number of hydrogen-bond donors (Lipinski definition) is 1. The van der Waals surface area contributed by atoms with E-state index in [1.165, 1.54) is 23.1 Å². The van der Waals surface area contributed by atoms with Crippen molar-refractivity contribution < 1.29 is 17.6 Å². The molecule has 0 aliphatic heterocycles. The summed E-state index contributed by atoms with van der Waals surface area (Å²) >= 11 is 0. The third kappa shape index (κ3) is 4.13. The van der Waals surface area contributed by atoms with Gasteiger partial charge < -0.3 is 10.2 Å². The van der Waals surface area contributed by atoms with Gasteiger partial charge in [-0.3, -0.25) is 0 Å². The van der Waals surface area contributed by atoms with Crippen LogP contribution in [-0.4, -0.2) is 40.0 Å². The number of sulfone groups is 1. The van der Waals surface area contributed by atoms with E-state index in [0.717, 1.165) is 36.5 Å². The molecule has 0 unspecified atom stereocenters. The summed E-state index contributed by atoms with van der Waals surface area (Å²) in [5, 5.41) is 2.90. The Hall–Kier alpha value is -2.41. The van der Waals surface area contributed by atoms with Crippen molar-refractivity contribution in [3.8, 4) is 0 Å². The van der Waals surface area contributed by atoms with Crippen molar-refractivity contribution in [1.29, 1.82) is 0 Å². The Morgan fingerprint density at radius 3 is 2.63 bits per heavy atom. The van der Waals surface area contributed by atoms with Crippen molar-refractivity contribution in [2.45, 2.75) is 35.0 Å². The number of hydrogen-bond acceptors (Lipinski definition) is 3. The molecule has 2 aromatic carbocycles. The second-order valence-electron chi connectivity index (χ2n) is 6.99. The van der Waals surface area contributed by atoms with Gasteiger partial charge in [0.1, 0.15) is 5.82 Å². The van der Waals surface area contributed by atoms with Crippen molar-refractivity contribution in [1.82, 2.24) is 10.2 Å². The van der Waals surface area contributed by atoms with Crippen LogP contribution in [0, 0.1) is 5.82 Å². The number of carbonyl (C=O) groups is 1. The summed E-state index contributed by atoms with van der Waals surface area (Å²) in [5.74, 6) is -0.422. The van der Waals surface area contributed by atoms with Gasteiger partial charge in [-0.2, -0.15) is 0 Å². The van der Waals surface area contributed by atoms with Gasteiger partial charge in [0.05, 0.1) is 9.79 Å². The van der Waals surface area contributed by atoms with Gasteiger partial charge >= 0.3 is 6.03 Å². The lowest BCUT2D eigenvalue weighted by molar-refractivity contribution is 0.216. The Morgan fingerprint density at radius 2 is 1.93 bits per heavy atom. The number of benzene rings is 2. The Labute approximate surface area is 159 Å². The molecule has 1 aliphatic carbocycles. The molecule has 144 valence electrons. The molecule has 0 radical (unpaired) electrons. The lowest BCUT2D eigenvalue weighted by Crippen LogP contribution is -2.37. The van der Waals surface area contributed by atoms with E-state index in [9.17, 15) is 17.6 Å². The topological polar surface area (TPSA) is 66.5 Å². The van der Waals surface area contributed by atoms with E-state index in [1.807, 2.05) is 6.07 Å². The molecule has 5 nitrogen and oxygen atoms in total. The maximum Gasteiger partial charge on any atom is 0.316 e. The minimum atomic E-state index is -3.77. The largest absolute Gasteiger partial charge is 0.337 e. The van der Waals surface area contributed by atoms with Crippen LogP contribution in [0.15, 0.2) is 52.3 Å². The molecular formula is C20H23FN2O3S. The molecule has 2 aromatic rings. The van der Waals surface area contributed by atoms with E-state index in [0.29, 0.717) is 6.54 Å². The van der Waals surface area contributed by atoms with Crippen LogP contribution in [-0.2, 0) is 16.3 Å². The van der Waals surface area contributed by atoms with Crippen LogP contribution in [0.3, 0.4) is 0 Å². The molecule has 0 spiro atoms. The van der Waals surface area contributed by atoms with Crippen LogP contribution in [0.2, 0.25) is 0 Å². The van der Waals surface area contributed by atoms with Gasteiger partial charge in [0, 0.05) is 26.6 Å². The predicted octanol–water partition coefficient (Wildman–Crippen LogP) is 3.35. The van der Waals surface area contributed by atoms with Crippen LogP contribution in [0.25, 0.3) is 0 Å². The summed E-state index contributed by atoms with van der Waals surface area (Å²) in [6.45, 7) is 0.514. The molecule has 1 aliphatic rings. The second-order valence-corrected chi connectivity index (χ2v) is 8.94. The highest BCUT2D eigenvalue weighted by molar-refractivity contribution is 7.91. The maximum atomic E-state index is 13.4. The van der Waals surface area contributed by atoms with E-state index in [1.54, 1.807) is 26.2 Å². The van der Waals surface area contributed by atoms with Crippen molar-refractivity contribution in [3.63, 3.8) is 0 Å². The van der Waals surface area contributed by atoms with Crippen LogP contribution < -0.4 is 5.32 Å². The summed E-state index contributed by atoms with van der Waals surface area (Å²) < 4.78 is 39.1. The van der Waals surface area contributed by atoms with Gasteiger partial charge in [-0.25, -0.2) is 17.6 Å². The molecule has 0 fully saturated rings. The second kappa shape index (κ2) is 7.68. The first kappa shape index (κ1) is 19.4. The normalized spacial score (nSPS) is 16.5. The minimum absolute atomic E-state index is 0.0481. The molecule has 3 rings (SSSR count). The van der Waals surface area contributed by atoms with Crippen LogP contribution >= 0.6 is 0 Å². The molecule has 0 heterocycles. The SMILES string of the molecule is CN(C)C(=O)NC[C@@H]1CCCc2cc(S(=O)(=O)c3cccc(F)c3)ccc21. The van der Waals surface area contributed by atoms with Gasteiger partial charge in [0.2, 0.25) is 9.84 Å². The number of aryl methyl sites for hydroxylation is 1. The number of urea groups is 1. The van der Waals surface area contributed by atoms with Crippen LogP contribution in [0.4, 0.5) is 9.18 Å². The van der Waals surface area contributed by atoms with Gasteiger partial charge in [-0.05, 0) is 60.7 Å². The van der Waals surface area contributed by atoms with E-state index < -0.39 is 15.7 Å². The van der Waals surface area contributed by atoms with Crippen molar-refractivity contribution >= 4 is 15.9 Å². The van der Waals surface area contributed by atoms with Gasteiger partial charge in [0.15, 0.2) is 0 Å². The summed E-state index contributed by atoms with van der Waals surface area (Å²) in [6, 6.07) is 10.00. The third-order valence-electron chi connectivity index (χ3n) is 4.88. The molecule has 1 atom stereocenters. The number of amides is 2. The van der Waals surface area contributed by atoms with Crippen LogP contribution in [0.5, 0.6) is 0 Å². The van der Waals surface area contributed by atoms with Gasteiger partial charge in [-0.1, -0.05) is 12.1 Å². The number of nitrogens with zero attached hydrogens (tertiary/aromatic N) is 1.